The number of hydrogen-bond donors (Lipinski definition) is 1. The first-order valence-electron chi connectivity index (χ1n) is 8.41. The Labute approximate surface area is 142 Å². The number of nitrogens with zero attached hydrogens (tertiary/aromatic N) is 4. The summed E-state index contributed by atoms with van der Waals surface area (Å²) in [5.41, 5.74) is 0. The van der Waals surface area contributed by atoms with Gasteiger partial charge >= 0.3 is 0 Å². The molecule has 1 saturated heterocycles. The van der Waals surface area contributed by atoms with Crippen LogP contribution in [-0.2, 0) is 16.0 Å². The van der Waals surface area contributed by atoms with Crippen LogP contribution >= 0.6 is 0 Å². The molecule has 8 heteroatoms. The predicted molar refractivity (Wildman–Crippen MR) is 88.3 cm³/mol. The van der Waals surface area contributed by atoms with Crippen LogP contribution < -0.4 is 5.32 Å². The van der Waals surface area contributed by atoms with Crippen LogP contribution in [0.2, 0.25) is 0 Å². The highest BCUT2D eigenvalue weighted by Gasteiger charge is 2.28. The first kappa shape index (κ1) is 18.4. The summed E-state index contributed by atoms with van der Waals surface area (Å²) in [4.78, 5) is 28.3. The van der Waals surface area contributed by atoms with E-state index in [9.17, 15) is 9.59 Å². The van der Waals surface area contributed by atoms with Crippen LogP contribution in [0.5, 0.6) is 0 Å². The van der Waals surface area contributed by atoms with E-state index < -0.39 is 0 Å². The van der Waals surface area contributed by atoms with Crippen molar-refractivity contribution >= 4 is 11.8 Å². The zero-order valence-corrected chi connectivity index (χ0v) is 14.9. The van der Waals surface area contributed by atoms with Crippen molar-refractivity contribution in [1.82, 2.24) is 25.3 Å². The summed E-state index contributed by atoms with van der Waals surface area (Å²) in [5, 5.41) is 10.6. The van der Waals surface area contributed by atoms with E-state index in [0.717, 1.165) is 6.54 Å². The van der Waals surface area contributed by atoms with Gasteiger partial charge in [-0.15, -0.1) is 10.2 Å². The number of carbonyl (C=O) groups is 2. The van der Waals surface area contributed by atoms with Crippen LogP contribution in [0.1, 0.15) is 38.0 Å². The predicted octanol–water partition coefficient (Wildman–Crippen LogP) is 0.262. The summed E-state index contributed by atoms with van der Waals surface area (Å²) >= 11 is 0. The van der Waals surface area contributed by atoms with Crippen molar-refractivity contribution in [2.24, 2.45) is 5.92 Å². The molecule has 24 heavy (non-hydrogen) atoms. The fourth-order valence-corrected chi connectivity index (χ4v) is 2.74. The second-order valence-corrected chi connectivity index (χ2v) is 6.60. The molecule has 0 bridgehead atoms. The maximum atomic E-state index is 12.5. The SMILES string of the molecule is CNC(=O)[C@H]1CN(C)CCN(C(=O)CCc2nnc(C(C)C)o2)C1. The van der Waals surface area contributed by atoms with Gasteiger partial charge < -0.3 is 19.5 Å². The van der Waals surface area contributed by atoms with E-state index in [-0.39, 0.29) is 23.7 Å². The van der Waals surface area contributed by atoms with Crippen LogP contribution in [0.4, 0.5) is 0 Å². The third-order valence-corrected chi connectivity index (χ3v) is 4.22. The van der Waals surface area contributed by atoms with Gasteiger partial charge in [0.05, 0.1) is 5.92 Å². The molecule has 2 heterocycles. The van der Waals surface area contributed by atoms with Crippen LogP contribution in [0.25, 0.3) is 0 Å². The number of nitrogens with one attached hydrogen (secondary N) is 1. The molecule has 1 aliphatic rings. The highest BCUT2D eigenvalue weighted by Crippen LogP contribution is 2.14. The topological polar surface area (TPSA) is 91.6 Å². The lowest BCUT2D eigenvalue weighted by Crippen LogP contribution is -2.41. The largest absolute Gasteiger partial charge is 0.425 e. The van der Waals surface area contributed by atoms with Gasteiger partial charge in [0.15, 0.2) is 0 Å². The van der Waals surface area contributed by atoms with Gasteiger partial charge in [-0.2, -0.15) is 0 Å². The molecule has 0 unspecified atom stereocenters. The van der Waals surface area contributed by atoms with Gasteiger partial charge in [-0.25, -0.2) is 0 Å². The van der Waals surface area contributed by atoms with Crippen LogP contribution in [0.15, 0.2) is 4.42 Å². The highest BCUT2D eigenvalue weighted by molar-refractivity contribution is 5.81. The molecule has 2 amide bonds. The maximum Gasteiger partial charge on any atom is 0.225 e. The number of rotatable bonds is 5. The van der Waals surface area contributed by atoms with Crippen molar-refractivity contribution in [3.05, 3.63) is 11.8 Å². The summed E-state index contributed by atoms with van der Waals surface area (Å²) in [7, 11) is 3.59. The Balaban J connectivity index is 1.93. The molecule has 1 N–H and O–H groups in total. The molecule has 0 saturated carbocycles. The number of aryl methyl sites for hydroxylation is 1. The Hall–Kier alpha value is -1.96. The molecule has 0 aliphatic carbocycles. The number of aromatic nitrogens is 2. The number of carbonyl (C=O) groups excluding carboxylic acids is 2. The lowest BCUT2D eigenvalue weighted by atomic mass is 10.1. The minimum Gasteiger partial charge on any atom is -0.425 e. The quantitative estimate of drug-likeness (QED) is 0.829. The fourth-order valence-electron chi connectivity index (χ4n) is 2.74. The van der Waals surface area contributed by atoms with Crippen LogP contribution in [-0.4, -0.2) is 72.1 Å². The number of amides is 2. The lowest BCUT2D eigenvalue weighted by Gasteiger charge is -2.23. The molecule has 2 rings (SSSR count). The highest BCUT2D eigenvalue weighted by atomic mass is 16.4. The molecule has 1 atom stereocenters. The van der Waals surface area contributed by atoms with E-state index >= 15 is 0 Å². The molecule has 0 radical (unpaired) electrons. The molecular formula is C16H27N5O3. The van der Waals surface area contributed by atoms with Gasteiger partial charge in [0.1, 0.15) is 0 Å². The smallest absolute Gasteiger partial charge is 0.225 e. The van der Waals surface area contributed by atoms with Crippen molar-refractivity contribution < 1.29 is 14.0 Å². The third-order valence-electron chi connectivity index (χ3n) is 4.22. The van der Waals surface area contributed by atoms with E-state index in [4.69, 9.17) is 4.42 Å². The maximum absolute atomic E-state index is 12.5. The van der Waals surface area contributed by atoms with E-state index in [2.05, 4.69) is 20.4 Å². The van der Waals surface area contributed by atoms with Crippen LogP contribution in [0, 0.1) is 5.92 Å². The van der Waals surface area contributed by atoms with E-state index in [1.54, 1.807) is 11.9 Å². The second kappa shape index (κ2) is 8.23. The molecule has 0 spiro atoms. The minimum absolute atomic E-state index is 0.0171. The Bertz CT molecular complexity index is 572. The first-order chi connectivity index (χ1) is 11.4. The third kappa shape index (κ3) is 4.77. The van der Waals surface area contributed by atoms with Crippen LogP contribution in [0.3, 0.4) is 0 Å². The van der Waals surface area contributed by atoms with Crippen molar-refractivity contribution in [2.45, 2.75) is 32.6 Å². The minimum atomic E-state index is -0.206. The Kier molecular flexibility index (Phi) is 6.30. The zero-order chi connectivity index (χ0) is 17.7. The fraction of sp³-hybridized carbons (Fsp3) is 0.750. The first-order valence-corrected chi connectivity index (χ1v) is 8.41. The Morgan fingerprint density at radius 1 is 1.29 bits per heavy atom. The van der Waals surface area contributed by atoms with Crippen molar-refractivity contribution in [3.8, 4) is 0 Å². The Morgan fingerprint density at radius 3 is 2.67 bits per heavy atom. The molecule has 8 nitrogen and oxygen atoms in total. The summed E-state index contributed by atoms with van der Waals surface area (Å²) < 4.78 is 5.54. The van der Waals surface area contributed by atoms with E-state index in [0.29, 0.717) is 44.3 Å². The molecule has 1 aliphatic heterocycles. The molecule has 134 valence electrons. The Morgan fingerprint density at radius 2 is 2.04 bits per heavy atom. The average molecular weight is 337 g/mol. The van der Waals surface area contributed by atoms with Crippen molar-refractivity contribution in [1.29, 1.82) is 0 Å². The van der Waals surface area contributed by atoms with E-state index in [1.165, 1.54) is 0 Å². The monoisotopic (exact) mass is 337 g/mol. The van der Waals surface area contributed by atoms with Gasteiger partial charge in [0.2, 0.25) is 23.6 Å². The summed E-state index contributed by atoms with van der Waals surface area (Å²) in [6.07, 6.45) is 0.736. The normalized spacial score (nSPS) is 19.4. The molecule has 1 fully saturated rings. The van der Waals surface area contributed by atoms with E-state index in [1.807, 2.05) is 20.9 Å². The summed E-state index contributed by atoms with van der Waals surface area (Å²) in [6.45, 7) is 6.46. The molecule has 1 aromatic heterocycles. The average Bonchev–Trinajstić information content (AvgIpc) is 2.95. The zero-order valence-electron chi connectivity index (χ0n) is 14.9. The number of hydrogen-bond acceptors (Lipinski definition) is 6. The van der Waals surface area contributed by atoms with Gasteiger partial charge in [-0.05, 0) is 7.05 Å². The van der Waals surface area contributed by atoms with Gasteiger partial charge in [-0.3, -0.25) is 9.59 Å². The molecular weight excluding hydrogens is 310 g/mol. The number of likely N-dealkylation sites (N-methyl/N-ethyl adjacent to an activating group) is 1. The van der Waals surface area contributed by atoms with Crippen molar-refractivity contribution in [2.75, 3.05) is 40.3 Å². The lowest BCUT2D eigenvalue weighted by molar-refractivity contribution is -0.132. The standard InChI is InChI=1S/C16H27N5O3/c1-11(2)16-19-18-13(24-16)5-6-14(22)21-8-7-20(4)9-12(10-21)15(23)17-3/h11-12H,5-10H2,1-4H3,(H,17,23)/t12-/m0/s1. The van der Waals surface area contributed by atoms with Gasteiger partial charge in [0, 0.05) is 52.0 Å². The van der Waals surface area contributed by atoms with Gasteiger partial charge in [0.25, 0.3) is 0 Å². The molecule has 0 aromatic carbocycles. The summed E-state index contributed by atoms with van der Waals surface area (Å²) in [6, 6.07) is 0. The second-order valence-electron chi connectivity index (χ2n) is 6.60. The van der Waals surface area contributed by atoms with Gasteiger partial charge in [-0.1, -0.05) is 13.8 Å². The molecule has 1 aromatic rings. The summed E-state index contributed by atoms with van der Waals surface area (Å²) in [5.74, 6) is 1.04. The van der Waals surface area contributed by atoms with Crippen molar-refractivity contribution in [3.63, 3.8) is 0 Å².